The Bertz CT molecular complexity index is 3800. The van der Waals surface area contributed by atoms with Gasteiger partial charge in [-0.25, -0.2) is 15.0 Å². The van der Waals surface area contributed by atoms with Gasteiger partial charge in [0, 0.05) is 62.1 Å². The van der Waals surface area contributed by atoms with Gasteiger partial charge >= 0.3 is 0 Å². The van der Waals surface area contributed by atoms with Crippen LogP contribution < -0.4 is 0 Å². The van der Waals surface area contributed by atoms with Gasteiger partial charge < -0.3 is 0 Å². The molecule has 3 heterocycles. The van der Waals surface area contributed by atoms with Gasteiger partial charge in [0.15, 0.2) is 17.5 Å². The number of hydrogen-bond acceptors (Lipinski definition) is 5. The summed E-state index contributed by atoms with van der Waals surface area (Å²) in [6.07, 6.45) is 3.66. The van der Waals surface area contributed by atoms with E-state index < -0.39 is 5.92 Å². The molecule has 0 radical (unpaired) electrons. The third-order valence-corrected chi connectivity index (χ3v) is 13.6. The summed E-state index contributed by atoms with van der Waals surface area (Å²) in [5, 5.41) is 2.17. The maximum atomic E-state index is 16.6. The predicted octanol–water partition coefficient (Wildman–Crippen LogP) is 16.4. The lowest BCUT2D eigenvalue weighted by molar-refractivity contribution is 0.0480. The maximum Gasteiger partial charge on any atom is 0.299 e. The Balaban J connectivity index is 0.927. The van der Waals surface area contributed by atoms with E-state index >= 15 is 8.78 Å². The maximum absolute atomic E-state index is 16.6. The molecule has 12 aromatic rings. The largest absolute Gasteiger partial charge is 0.299 e. The van der Waals surface area contributed by atoms with Crippen molar-refractivity contribution in [3.8, 4) is 101 Å². The van der Waals surface area contributed by atoms with Crippen molar-refractivity contribution in [1.29, 1.82) is 0 Å². The molecule has 0 unspecified atom stereocenters. The summed E-state index contributed by atoms with van der Waals surface area (Å²) in [6, 6.07) is 74.0. The third-order valence-electron chi connectivity index (χ3n) is 13.6. The van der Waals surface area contributed by atoms with Crippen LogP contribution in [-0.4, -0.2) is 24.9 Å². The highest BCUT2D eigenvalue weighted by Gasteiger charge is 2.44. The van der Waals surface area contributed by atoms with Crippen molar-refractivity contribution in [2.75, 3.05) is 0 Å². The first-order valence-electron chi connectivity index (χ1n) is 23.5. The molecular weight excluding hydrogens is 877 g/mol. The minimum Gasteiger partial charge on any atom is -0.256 e. The monoisotopic (exact) mass is 915 g/mol. The van der Waals surface area contributed by atoms with Crippen LogP contribution in [0, 0.1) is 0 Å². The van der Waals surface area contributed by atoms with Crippen molar-refractivity contribution in [3.63, 3.8) is 0 Å². The summed E-state index contributed by atoms with van der Waals surface area (Å²) >= 11 is 0. The average Bonchev–Trinajstić information content (AvgIpc) is 3.67. The number of benzene rings is 9. The molecule has 334 valence electrons. The Morgan fingerprint density at radius 1 is 0.268 bits per heavy atom. The quantitative estimate of drug-likeness (QED) is 0.152. The molecule has 0 aliphatic heterocycles. The van der Waals surface area contributed by atoms with Gasteiger partial charge in [-0.15, -0.1) is 0 Å². The Labute approximate surface area is 408 Å². The number of pyridine rings is 2. The molecule has 9 aromatic carbocycles. The fourth-order valence-electron chi connectivity index (χ4n) is 9.97. The molecule has 71 heavy (non-hydrogen) atoms. The molecule has 1 aliphatic rings. The zero-order valence-electron chi connectivity index (χ0n) is 38.0. The third kappa shape index (κ3) is 7.52. The lowest BCUT2D eigenvalue weighted by atomic mass is 9.90. The molecule has 0 spiro atoms. The van der Waals surface area contributed by atoms with Crippen molar-refractivity contribution in [3.05, 3.63) is 248 Å². The van der Waals surface area contributed by atoms with Crippen LogP contribution in [0.5, 0.6) is 0 Å². The minimum absolute atomic E-state index is 0.0348. The van der Waals surface area contributed by atoms with Crippen LogP contribution in [0.25, 0.3) is 123 Å². The molecule has 0 fully saturated rings. The Hall–Kier alpha value is -9.33. The minimum atomic E-state index is -3.21. The first kappa shape index (κ1) is 41.8. The molecule has 0 atom stereocenters. The van der Waals surface area contributed by atoms with E-state index in [1.165, 1.54) is 6.07 Å². The highest BCUT2D eigenvalue weighted by Crippen LogP contribution is 2.53. The normalized spacial score (nSPS) is 12.5. The van der Waals surface area contributed by atoms with E-state index in [0.29, 0.717) is 34.2 Å². The van der Waals surface area contributed by atoms with E-state index in [2.05, 4.69) is 115 Å². The molecule has 7 heteroatoms. The van der Waals surface area contributed by atoms with E-state index in [9.17, 15) is 0 Å². The van der Waals surface area contributed by atoms with Gasteiger partial charge in [-0.1, -0.05) is 182 Å². The van der Waals surface area contributed by atoms with Crippen molar-refractivity contribution < 1.29 is 8.78 Å². The van der Waals surface area contributed by atoms with Gasteiger partial charge in [-0.3, -0.25) is 9.97 Å². The van der Waals surface area contributed by atoms with Gasteiger partial charge in [0.2, 0.25) is 0 Å². The van der Waals surface area contributed by atoms with Crippen LogP contribution in [0.3, 0.4) is 0 Å². The second-order valence-corrected chi connectivity index (χ2v) is 17.8. The Morgan fingerprint density at radius 3 is 1.13 bits per heavy atom. The van der Waals surface area contributed by atoms with E-state index in [0.717, 1.165) is 88.6 Å². The van der Waals surface area contributed by atoms with Crippen LogP contribution in [0.4, 0.5) is 8.78 Å². The van der Waals surface area contributed by atoms with Crippen LogP contribution in [-0.2, 0) is 5.92 Å². The second-order valence-electron chi connectivity index (χ2n) is 17.8. The van der Waals surface area contributed by atoms with Crippen molar-refractivity contribution in [2.24, 2.45) is 0 Å². The zero-order chi connectivity index (χ0) is 47.5. The van der Waals surface area contributed by atoms with E-state index in [4.69, 9.17) is 24.9 Å². The second kappa shape index (κ2) is 17.0. The number of para-hydroxylation sites is 2. The zero-order valence-corrected chi connectivity index (χ0v) is 38.0. The van der Waals surface area contributed by atoms with Gasteiger partial charge in [-0.05, 0) is 98.1 Å². The summed E-state index contributed by atoms with van der Waals surface area (Å²) in [4.78, 5) is 24.1. The van der Waals surface area contributed by atoms with Crippen LogP contribution in [0.2, 0.25) is 0 Å². The Morgan fingerprint density at radius 2 is 0.648 bits per heavy atom. The van der Waals surface area contributed by atoms with Gasteiger partial charge in [-0.2, -0.15) is 8.78 Å². The summed E-state index contributed by atoms with van der Waals surface area (Å²) in [5.41, 5.74) is 15.0. The predicted molar refractivity (Wildman–Crippen MR) is 282 cm³/mol. The molecule has 0 saturated carbocycles. The van der Waals surface area contributed by atoms with Crippen molar-refractivity contribution >= 4 is 21.8 Å². The number of hydrogen-bond donors (Lipinski definition) is 0. The molecule has 0 saturated heterocycles. The van der Waals surface area contributed by atoms with Crippen LogP contribution >= 0.6 is 0 Å². The van der Waals surface area contributed by atoms with E-state index in [1.807, 2.05) is 97.3 Å². The highest BCUT2D eigenvalue weighted by molar-refractivity contribution is 5.96. The molecule has 0 bridgehead atoms. The molecule has 13 rings (SSSR count). The smallest absolute Gasteiger partial charge is 0.256 e. The lowest BCUT2D eigenvalue weighted by Crippen LogP contribution is -2.10. The molecule has 5 nitrogen and oxygen atoms in total. The van der Waals surface area contributed by atoms with E-state index in [-0.39, 0.29) is 11.1 Å². The number of rotatable bonds is 8. The van der Waals surface area contributed by atoms with Gasteiger partial charge in [0.05, 0.1) is 11.0 Å². The van der Waals surface area contributed by atoms with Crippen LogP contribution in [0.15, 0.2) is 237 Å². The summed E-state index contributed by atoms with van der Waals surface area (Å²) < 4.78 is 33.1. The van der Waals surface area contributed by atoms with Crippen LogP contribution in [0.1, 0.15) is 11.1 Å². The van der Waals surface area contributed by atoms with Gasteiger partial charge in [0.25, 0.3) is 5.92 Å². The number of alkyl halides is 2. The fourth-order valence-corrected chi connectivity index (χ4v) is 9.97. The number of nitrogens with zero attached hydrogens (tertiary/aromatic N) is 5. The van der Waals surface area contributed by atoms with Gasteiger partial charge in [0.1, 0.15) is 0 Å². The standard InChI is InChI=1S/C64H39F2N5/c65-64(66)57-31-29-48(38-55(57)56-39-49(30-32-58(56)64)63-70-61(46-11-3-1-4-12-46)69-62(71-63)47-13-5-2-6-14-47)52-36-50(40-21-25-42(26-22-40)53-19-7-15-44-17-9-33-67-59(44)53)35-51(37-52)41-23-27-43(28-24-41)54-20-8-16-45-18-10-34-68-60(45)54/h1-39H. The molecule has 1 aliphatic carbocycles. The lowest BCUT2D eigenvalue weighted by Gasteiger charge is -2.15. The molecular formula is C64H39F2N5. The van der Waals surface area contributed by atoms with Crippen molar-refractivity contribution in [2.45, 2.75) is 5.92 Å². The molecule has 0 N–H and O–H groups in total. The SMILES string of the molecule is FC1(F)c2ccc(-c3cc(-c4ccc(-c5cccc6cccnc56)cc4)cc(-c4ccc(-c5cccc6cccnc56)cc4)c3)cc2-c2cc(-c3nc(-c4ccccc4)nc(-c4ccccc4)n3)ccc21. The van der Waals surface area contributed by atoms with E-state index in [1.54, 1.807) is 18.2 Å². The number of fused-ring (bicyclic) bond motifs is 5. The first-order chi connectivity index (χ1) is 34.9. The summed E-state index contributed by atoms with van der Waals surface area (Å²) in [6.45, 7) is 0. The molecule has 0 amide bonds. The fraction of sp³-hybridized carbons (Fsp3) is 0.0156. The average molecular weight is 916 g/mol. The molecule has 3 aromatic heterocycles. The summed E-state index contributed by atoms with van der Waals surface area (Å²) in [7, 11) is 0. The highest BCUT2D eigenvalue weighted by atomic mass is 19.3. The number of halogens is 2. The number of aromatic nitrogens is 5. The van der Waals surface area contributed by atoms with Crippen molar-refractivity contribution in [1.82, 2.24) is 24.9 Å². The summed E-state index contributed by atoms with van der Waals surface area (Å²) in [5.74, 6) is -1.81. The first-order valence-corrected chi connectivity index (χ1v) is 23.5. The Kier molecular flexibility index (Phi) is 10.0. The topological polar surface area (TPSA) is 64.5 Å².